The number of likely N-dealkylation sites (N-methyl/N-ethyl adjacent to an activating group) is 1. The predicted molar refractivity (Wildman–Crippen MR) is 105 cm³/mol. The molecule has 0 fully saturated rings. The number of hydrogen-bond donors (Lipinski definition) is 2. The van der Waals surface area contributed by atoms with Crippen LogP contribution < -0.4 is 10.6 Å². The van der Waals surface area contributed by atoms with Crippen molar-refractivity contribution in [3.8, 4) is 0 Å². The number of nitrogens with one attached hydrogen (secondary N) is 2. The fourth-order valence-corrected chi connectivity index (χ4v) is 2.82. The molecule has 1 atom stereocenters. The maximum Gasteiger partial charge on any atom is 0.238 e. The van der Waals surface area contributed by atoms with Crippen LogP contribution in [0.2, 0.25) is 0 Å². The molecule has 2 aromatic carbocycles. The molecule has 2 rings (SSSR count). The highest BCUT2D eigenvalue weighted by molar-refractivity contribution is 5.92. The van der Waals surface area contributed by atoms with Crippen molar-refractivity contribution in [1.29, 1.82) is 0 Å². The number of hydrogen-bond acceptors (Lipinski definition) is 3. The van der Waals surface area contributed by atoms with Crippen molar-refractivity contribution in [3.05, 3.63) is 65.2 Å². The normalized spacial score (nSPS) is 11.9. The second-order valence-corrected chi connectivity index (χ2v) is 6.73. The van der Waals surface area contributed by atoms with Crippen LogP contribution in [0.25, 0.3) is 0 Å². The Hall–Kier alpha value is -2.66. The van der Waals surface area contributed by atoms with E-state index in [-0.39, 0.29) is 30.9 Å². The lowest BCUT2D eigenvalue weighted by atomic mass is 10.0. The van der Waals surface area contributed by atoms with E-state index in [0.29, 0.717) is 0 Å². The molecule has 5 heteroatoms. The van der Waals surface area contributed by atoms with E-state index < -0.39 is 0 Å². The van der Waals surface area contributed by atoms with Gasteiger partial charge in [0.2, 0.25) is 11.8 Å². The van der Waals surface area contributed by atoms with Crippen molar-refractivity contribution in [2.24, 2.45) is 0 Å². The molecular weight excluding hydrogens is 326 g/mol. The average Bonchev–Trinajstić information content (AvgIpc) is 2.56. The van der Waals surface area contributed by atoms with Crippen LogP contribution in [0, 0.1) is 13.8 Å². The van der Waals surface area contributed by atoms with Crippen molar-refractivity contribution in [3.63, 3.8) is 0 Å². The van der Waals surface area contributed by atoms with Crippen LogP contribution in [0.3, 0.4) is 0 Å². The third kappa shape index (κ3) is 6.01. The summed E-state index contributed by atoms with van der Waals surface area (Å²) >= 11 is 0. The highest BCUT2D eigenvalue weighted by Gasteiger charge is 2.14. The number of rotatable bonds is 7. The first kappa shape index (κ1) is 19.7. The molecule has 138 valence electrons. The van der Waals surface area contributed by atoms with Crippen LogP contribution in [0.1, 0.15) is 29.7 Å². The number of amides is 2. The van der Waals surface area contributed by atoms with Crippen LogP contribution in [0.15, 0.2) is 48.5 Å². The molecule has 2 N–H and O–H groups in total. The van der Waals surface area contributed by atoms with Gasteiger partial charge in [-0.15, -0.1) is 0 Å². The molecule has 0 aliphatic rings. The van der Waals surface area contributed by atoms with Crippen molar-refractivity contribution in [2.45, 2.75) is 26.8 Å². The minimum absolute atomic E-state index is 0.0708. The Labute approximate surface area is 155 Å². The molecule has 0 spiro atoms. The highest BCUT2D eigenvalue weighted by atomic mass is 16.2. The van der Waals surface area contributed by atoms with Gasteiger partial charge < -0.3 is 10.6 Å². The molecule has 0 bridgehead atoms. The topological polar surface area (TPSA) is 61.4 Å². The quantitative estimate of drug-likeness (QED) is 0.804. The van der Waals surface area contributed by atoms with E-state index in [1.54, 1.807) is 11.9 Å². The van der Waals surface area contributed by atoms with Gasteiger partial charge in [-0.3, -0.25) is 14.5 Å². The third-order valence-corrected chi connectivity index (χ3v) is 4.19. The summed E-state index contributed by atoms with van der Waals surface area (Å²) in [6.07, 6.45) is 0. The summed E-state index contributed by atoms with van der Waals surface area (Å²) in [7, 11) is 1.76. The van der Waals surface area contributed by atoms with E-state index in [1.165, 1.54) is 0 Å². The van der Waals surface area contributed by atoms with Gasteiger partial charge in [-0.1, -0.05) is 42.0 Å². The van der Waals surface area contributed by atoms with E-state index in [9.17, 15) is 9.59 Å². The Balaban J connectivity index is 1.80. The molecule has 0 saturated heterocycles. The van der Waals surface area contributed by atoms with Crippen LogP contribution in [-0.4, -0.2) is 36.9 Å². The number of benzene rings is 2. The number of nitrogens with zero attached hydrogens (tertiary/aromatic N) is 1. The number of anilines is 1. The Kier molecular flexibility index (Phi) is 6.92. The predicted octanol–water partition coefficient (Wildman–Crippen LogP) is 3.05. The average molecular weight is 353 g/mol. The summed E-state index contributed by atoms with van der Waals surface area (Å²) in [6.45, 7) is 6.30. The summed E-state index contributed by atoms with van der Waals surface area (Å²) in [5.41, 5.74) is 4.14. The maximum atomic E-state index is 12.2. The van der Waals surface area contributed by atoms with Gasteiger partial charge in [0.05, 0.1) is 19.1 Å². The molecule has 0 aliphatic carbocycles. The van der Waals surface area contributed by atoms with E-state index in [1.807, 2.05) is 69.3 Å². The summed E-state index contributed by atoms with van der Waals surface area (Å²) in [5.74, 6) is -0.248. The minimum Gasteiger partial charge on any atom is -0.348 e. The summed E-state index contributed by atoms with van der Waals surface area (Å²) < 4.78 is 0. The van der Waals surface area contributed by atoms with Crippen molar-refractivity contribution < 1.29 is 9.59 Å². The molecule has 0 aromatic heterocycles. The van der Waals surface area contributed by atoms with Crippen LogP contribution >= 0.6 is 0 Å². The fraction of sp³-hybridized carbons (Fsp3) is 0.333. The van der Waals surface area contributed by atoms with Gasteiger partial charge in [0, 0.05) is 5.69 Å². The smallest absolute Gasteiger partial charge is 0.238 e. The van der Waals surface area contributed by atoms with Gasteiger partial charge in [0.1, 0.15) is 0 Å². The van der Waals surface area contributed by atoms with Gasteiger partial charge in [-0.05, 0) is 51.1 Å². The van der Waals surface area contributed by atoms with Crippen molar-refractivity contribution in [2.75, 3.05) is 25.5 Å². The summed E-state index contributed by atoms with van der Waals surface area (Å²) in [6, 6.07) is 15.5. The van der Waals surface area contributed by atoms with E-state index in [2.05, 4.69) is 10.6 Å². The van der Waals surface area contributed by atoms with E-state index in [0.717, 1.165) is 22.4 Å². The molecule has 0 saturated carbocycles. The zero-order chi connectivity index (χ0) is 19.1. The third-order valence-electron chi connectivity index (χ3n) is 4.19. The molecule has 0 radical (unpaired) electrons. The van der Waals surface area contributed by atoms with Gasteiger partial charge >= 0.3 is 0 Å². The van der Waals surface area contributed by atoms with Crippen molar-refractivity contribution in [1.82, 2.24) is 10.2 Å². The lowest BCUT2D eigenvalue weighted by Crippen LogP contribution is -2.39. The van der Waals surface area contributed by atoms with Gasteiger partial charge in [-0.25, -0.2) is 0 Å². The van der Waals surface area contributed by atoms with Crippen LogP contribution in [-0.2, 0) is 9.59 Å². The minimum atomic E-state index is -0.142. The van der Waals surface area contributed by atoms with E-state index in [4.69, 9.17) is 0 Å². The Morgan fingerprint density at radius 2 is 1.58 bits per heavy atom. The molecule has 5 nitrogen and oxygen atoms in total. The zero-order valence-corrected chi connectivity index (χ0v) is 15.9. The SMILES string of the molecule is Cc1ccc(NC(=O)CN(C)CC(=O)N[C@@H](C)c2ccccc2C)cc1. The molecule has 0 aliphatic heterocycles. The summed E-state index contributed by atoms with van der Waals surface area (Å²) in [4.78, 5) is 26.0. The molecule has 0 heterocycles. The van der Waals surface area contributed by atoms with Gasteiger partial charge in [0.25, 0.3) is 0 Å². The van der Waals surface area contributed by atoms with E-state index >= 15 is 0 Å². The number of carbonyl (C=O) groups is 2. The zero-order valence-electron chi connectivity index (χ0n) is 15.9. The lowest BCUT2D eigenvalue weighted by Gasteiger charge is -2.20. The highest BCUT2D eigenvalue weighted by Crippen LogP contribution is 2.16. The standard InChI is InChI=1S/C21H27N3O2/c1-15-9-11-18(12-10-15)23-21(26)14-24(4)13-20(25)22-17(3)19-8-6-5-7-16(19)2/h5-12,17H,13-14H2,1-4H3,(H,22,25)(H,23,26)/t17-/m0/s1. The maximum absolute atomic E-state index is 12.2. The second-order valence-electron chi connectivity index (χ2n) is 6.73. The largest absolute Gasteiger partial charge is 0.348 e. The molecule has 0 unspecified atom stereocenters. The second kappa shape index (κ2) is 9.15. The monoisotopic (exact) mass is 353 g/mol. The molecular formula is C21H27N3O2. The number of aryl methyl sites for hydroxylation is 2. The lowest BCUT2D eigenvalue weighted by molar-refractivity contribution is -0.123. The first-order valence-corrected chi connectivity index (χ1v) is 8.75. The first-order valence-electron chi connectivity index (χ1n) is 8.75. The van der Waals surface area contributed by atoms with Crippen molar-refractivity contribution >= 4 is 17.5 Å². The first-order chi connectivity index (χ1) is 12.3. The van der Waals surface area contributed by atoms with Gasteiger partial charge in [0.15, 0.2) is 0 Å². The summed E-state index contributed by atoms with van der Waals surface area (Å²) in [5, 5.41) is 5.82. The van der Waals surface area contributed by atoms with Crippen LogP contribution in [0.5, 0.6) is 0 Å². The number of carbonyl (C=O) groups excluding carboxylic acids is 2. The fourth-order valence-electron chi connectivity index (χ4n) is 2.82. The Morgan fingerprint density at radius 1 is 0.962 bits per heavy atom. The molecule has 2 aromatic rings. The molecule has 26 heavy (non-hydrogen) atoms. The van der Waals surface area contributed by atoms with Crippen LogP contribution in [0.4, 0.5) is 5.69 Å². The van der Waals surface area contributed by atoms with Gasteiger partial charge in [-0.2, -0.15) is 0 Å². The molecule has 2 amide bonds. The Morgan fingerprint density at radius 3 is 2.23 bits per heavy atom. The Bertz CT molecular complexity index is 756.